The van der Waals surface area contributed by atoms with Crippen LogP contribution in [0.1, 0.15) is 5.01 Å². The molecule has 3 aromatic rings. The van der Waals surface area contributed by atoms with E-state index in [1.54, 1.807) is 23.1 Å². The van der Waals surface area contributed by atoms with Gasteiger partial charge >= 0.3 is 0 Å². The molecule has 4 nitrogen and oxygen atoms in total. The summed E-state index contributed by atoms with van der Waals surface area (Å²) in [7, 11) is 0. The molecule has 0 radical (unpaired) electrons. The standard InChI is InChI=1S/C23H17Cl2N2O2S2/c1-3-16(28)12-26-18-9-14(24)5-7-20(18)30-22(26)11-23-27(13-17(29)4-2)19-10-15(25)6-8-21(19)31-23/h3-11H,1-2,12-13H2/q+1. The second-order valence-corrected chi connectivity index (χ2v) is 9.76. The number of anilines is 1. The molecule has 0 saturated carbocycles. The van der Waals surface area contributed by atoms with E-state index in [-0.39, 0.29) is 24.7 Å². The van der Waals surface area contributed by atoms with Gasteiger partial charge in [-0.2, -0.15) is 4.57 Å². The van der Waals surface area contributed by atoms with Gasteiger partial charge in [-0.15, -0.1) is 0 Å². The van der Waals surface area contributed by atoms with E-state index in [0.29, 0.717) is 10.0 Å². The molecule has 0 aliphatic carbocycles. The number of carbonyl (C=O) groups is 2. The van der Waals surface area contributed by atoms with Crippen molar-refractivity contribution in [1.82, 2.24) is 0 Å². The molecular formula is C23H17Cl2N2O2S2+. The molecule has 0 amide bonds. The lowest BCUT2D eigenvalue weighted by Crippen LogP contribution is -2.39. The maximum Gasteiger partial charge on any atom is 0.265 e. The first-order valence-electron chi connectivity index (χ1n) is 9.28. The average Bonchev–Trinajstić information content (AvgIpc) is 3.25. The van der Waals surface area contributed by atoms with Crippen molar-refractivity contribution < 1.29 is 14.2 Å². The van der Waals surface area contributed by atoms with Gasteiger partial charge in [0.05, 0.1) is 23.3 Å². The zero-order valence-corrected chi connectivity index (χ0v) is 19.5. The molecule has 0 fully saturated rings. The van der Waals surface area contributed by atoms with Gasteiger partial charge in [-0.3, -0.25) is 9.59 Å². The number of benzene rings is 2. The van der Waals surface area contributed by atoms with Crippen LogP contribution in [0.5, 0.6) is 0 Å². The summed E-state index contributed by atoms with van der Waals surface area (Å²) in [5, 5.41) is 2.93. The summed E-state index contributed by atoms with van der Waals surface area (Å²) in [6.07, 6.45) is 4.62. The topological polar surface area (TPSA) is 41.3 Å². The van der Waals surface area contributed by atoms with Gasteiger partial charge in [-0.1, -0.05) is 59.5 Å². The van der Waals surface area contributed by atoms with Crippen LogP contribution in [0.4, 0.5) is 5.69 Å². The number of aromatic nitrogens is 1. The van der Waals surface area contributed by atoms with Crippen molar-refractivity contribution in [3.63, 3.8) is 0 Å². The summed E-state index contributed by atoms with van der Waals surface area (Å²) < 4.78 is 2.93. The van der Waals surface area contributed by atoms with Crippen LogP contribution in [0.3, 0.4) is 0 Å². The number of carbonyl (C=O) groups excluding carboxylic acids is 2. The molecule has 0 spiro atoms. The van der Waals surface area contributed by atoms with E-state index in [0.717, 1.165) is 30.8 Å². The molecule has 0 bridgehead atoms. The van der Waals surface area contributed by atoms with E-state index in [1.807, 2.05) is 51.9 Å². The van der Waals surface area contributed by atoms with Crippen LogP contribution in [0.25, 0.3) is 16.3 Å². The quantitative estimate of drug-likeness (QED) is 0.306. The third kappa shape index (κ3) is 4.48. The molecule has 0 N–H and O–H groups in total. The van der Waals surface area contributed by atoms with Gasteiger partial charge in [-0.25, -0.2) is 0 Å². The zero-order valence-electron chi connectivity index (χ0n) is 16.3. The first-order valence-corrected chi connectivity index (χ1v) is 11.7. The highest BCUT2D eigenvalue weighted by atomic mass is 35.5. The van der Waals surface area contributed by atoms with Crippen LogP contribution >= 0.6 is 46.3 Å². The number of ketones is 2. The average molecular weight is 488 g/mol. The van der Waals surface area contributed by atoms with Gasteiger partial charge in [0.1, 0.15) is 4.70 Å². The second-order valence-electron chi connectivity index (χ2n) is 6.76. The fourth-order valence-electron chi connectivity index (χ4n) is 3.24. The summed E-state index contributed by atoms with van der Waals surface area (Å²) in [6.45, 7) is 7.48. The summed E-state index contributed by atoms with van der Waals surface area (Å²) in [5.41, 5.74) is 1.74. The summed E-state index contributed by atoms with van der Waals surface area (Å²) >= 11 is 15.5. The number of fused-ring (bicyclic) bond motifs is 2. The first kappa shape index (κ1) is 21.8. The van der Waals surface area contributed by atoms with Crippen LogP contribution in [0.15, 0.2) is 71.6 Å². The Labute approximate surface area is 198 Å². The Morgan fingerprint density at radius 1 is 1.03 bits per heavy atom. The van der Waals surface area contributed by atoms with Crippen LogP contribution < -0.4 is 9.47 Å². The molecule has 2 heterocycles. The molecule has 0 unspecified atom stereocenters. The summed E-state index contributed by atoms with van der Waals surface area (Å²) in [4.78, 5) is 27.3. The number of rotatable bonds is 7. The second kappa shape index (κ2) is 9.01. The molecule has 31 heavy (non-hydrogen) atoms. The Morgan fingerprint density at radius 2 is 1.74 bits per heavy atom. The van der Waals surface area contributed by atoms with Gasteiger partial charge in [0, 0.05) is 21.0 Å². The number of thioether (sulfide) groups is 1. The molecule has 1 aromatic heterocycles. The third-order valence-corrected chi connectivity index (χ3v) is 7.41. The highest BCUT2D eigenvalue weighted by Gasteiger charge is 2.29. The van der Waals surface area contributed by atoms with Crippen LogP contribution in [0, 0.1) is 0 Å². The highest BCUT2D eigenvalue weighted by Crippen LogP contribution is 2.47. The Kier molecular flexibility index (Phi) is 6.34. The van der Waals surface area contributed by atoms with E-state index >= 15 is 0 Å². The predicted molar refractivity (Wildman–Crippen MR) is 130 cm³/mol. The monoisotopic (exact) mass is 487 g/mol. The smallest absolute Gasteiger partial charge is 0.265 e. The van der Waals surface area contributed by atoms with E-state index in [4.69, 9.17) is 23.2 Å². The van der Waals surface area contributed by atoms with Crippen molar-refractivity contribution in [2.24, 2.45) is 0 Å². The fourth-order valence-corrected chi connectivity index (χ4v) is 5.80. The SMILES string of the molecule is C=CC(=O)CN1C(=Cc2sc3ccc(Cl)cc3[n+]2CC(=O)C=C)Sc2ccc(Cl)cc21. The molecule has 1 aliphatic heterocycles. The number of allylic oxidation sites excluding steroid dienone is 1. The molecule has 8 heteroatoms. The van der Waals surface area contributed by atoms with Gasteiger partial charge in [-0.05, 0) is 42.5 Å². The van der Waals surface area contributed by atoms with Crippen LogP contribution in [0.2, 0.25) is 10.0 Å². The number of thiazole rings is 1. The Bertz CT molecular complexity index is 1280. The number of hydrogen-bond acceptors (Lipinski definition) is 5. The van der Waals surface area contributed by atoms with Crippen molar-refractivity contribution in [1.29, 1.82) is 0 Å². The maximum atomic E-state index is 12.2. The normalized spacial score (nSPS) is 14.1. The van der Waals surface area contributed by atoms with Crippen molar-refractivity contribution in [3.8, 4) is 0 Å². The zero-order chi connectivity index (χ0) is 22.1. The van der Waals surface area contributed by atoms with E-state index in [1.165, 1.54) is 12.2 Å². The molecule has 4 rings (SSSR count). The van der Waals surface area contributed by atoms with Crippen molar-refractivity contribution >= 4 is 79.8 Å². The van der Waals surface area contributed by atoms with E-state index in [9.17, 15) is 9.59 Å². The molecule has 156 valence electrons. The van der Waals surface area contributed by atoms with Crippen LogP contribution in [-0.4, -0.2) is 18.1 Å². The summed E-state index contributed by atoms with van der Waals surface area (Å²) in [6, 6.07) is 11.2. The van der Waals surface area contributed by atoms with Crippen LogP contribution in [-0.2, 0) is 16.1 Å². The Balaban J connectivity index is 1.85. The van der Waals surface area contributed by atoms with E-state index < -0.39 is 0 Å². The lowest BCUT2D eigenvalue weighted by molar-refractivity contribution is -0.655. The minimum atomic E-state index is -0.0999. The van der Waals surface area contributed by atoms with E-state index in [2.05, 4.69) is 13.2 Å². The molecular weight excluding hydrogens is 471 g/mol. The highest BCUT2D eigenvalue weighted by molar-refractivity contribution is 8.03. The summed E-state index contributed by atoms with van der Waals surface area (Å²) in [5.74, 6) is -0.200. The molecule has 0 saturated heterocycles. The number of nitrogens with zero attached hydrogens (tertiary/aromatic N) is 2. The molecule has 1 aliphatic rings. The Hall–Kier alpha value is -2.38. The first-order chi connectivity index (χ1) is 14.9. The third-order valence-electron chi connectivity index (χ3n) is 4.71. The number of halogens is 2. The van der Waals surface area contributed by atoms with Crippen molar-refractivity contribution in [2.75, 3.05) is 11.4 Å². The lowest BCUT2D eigenvalue weighted by atomic mass is 10.2. The predicted octanol–water partition coefficient (Wildman–Crippen LogP) is 5.92. The van der Waals surface area contributed by atoms with Crippen molar-refractivity contribution in [2.45, 2.75) is 11.4 Å². The van der Waals surface area contributed by atoms with Gasteiger partial charge < -0.3 is 4.90 Å². The minimum absolute atomic E-state index is 0.0999. The number of hydrogen-bond donors (Lipinski definition) is 0. The Morgan fingerprint density at radius 3 is 2.48 bits per heavy atom. The van der Waals surface area contributed by atoms with Gasteiger partial charge in [0.15, 0.2) is 5.78 Å². The minimum Gasteiger partial charge on any atom is -0.327 e. The lowest BCUT2D eigenvalue weighted by Gasteiger charge is -2.18. The van der Waals surface area contributed by atoms with Gasteiger partial charge in [0.25, 0.3) is 5.01 Å². The van der Waals surface area contributed by atoms with Gasteiger partial charge in [0.2, 0.25) is 17.8 Å². The molecule has 2 aromatic carbocycles. The van der Waals surface area contributed by atoms with Crippen molar-refractivity contribution in [3.05, 3.63) is 81.8 Å². The molecule has 0 atom stereocenters. The largest absolute Gasteiger partial charge is 0.327 e. The maximum absolute atomic E-state index is 12.2. The fraction of sp³-hybridized carbons (Fsp3) is 0.0870.